The minimum atomic E-state index is -0.279. The van der Waals surface area contributed by atoms with Crippen molar-refractivity contribution in [3.63, 3.8) is 0 Å². The lowest BCUT2D eigenvalue weighted by molar-refractivity contribution is -0.120. The van der Waals surface area contributed by atoms with Crippen LogP contribution in [0.1, 0.15) is 31.9 Å². The third-order valence-electron chi connectivity index (χ3n) is 2.57. The summed E-state index contributed by atoms with van der Waals surface area (Å²) in [6.07, 6.45) is 0.905. The number of rotatable bonds is 6. The van der Waals surface area contributed by atoms with Crippen LogP contribution >= 0.6 is 15.9 Å². The van der Waals surface area contributed by atoms with Crippen LogP contribution in [0.3, 0.4) is 0 Å². The molecule has 5 heteroatoms. The molecule has 1 aromatic carbocycles. The average Bonchev–Trinajstić information content (AvgIpc) is 2.33. The Morgan fingerprint density at radius 2 is 2.22 bits per heavy atom. The minimum absolute atomic E-state index is 0.0683. The number of carbonyl (C=O) groups excluding carboxylic acids is 1. The zero-order valence-electron chi connectivity index (χ0n) is 10.6. The first-order valence-corrected chi connectivity index (χ1v) is 6.79. The molecular formula is C13H18BrFN2O. The van der Waals surface area contributed by atoms with Gasteiger partial charge in [0.25, 0.3) is 0 Å². The second-order valence-electron chi connectivity index (χ2n) is 4.12. The summed E-state index contributed by atoms with van der Waals surface area (Å²) in [5.74, 6) is -0.348. The maximum Gasteiger partial charge on any atom is 0.233 e. The summed E-state index contributed by atoms with van der Waals surface area (Å²) in [4.78, 5) is 11.4. The second-order valence-corrected chi connectivity index (χ2v) is 5.03. The van der Waals surface area contributed by atoms with Crippen LogP contribution in [0.4, 0.5) is 4.39 Å². The van der Waals surface area contributed by atoms with Crippen LogP contribution in [0.15, 0.2) is 22.7 Å². The van der Waals surface area contributed by atoms with Crippen LogP contribution < -0.4 is 10.6 Å². The Balaban J connectivity index is 2.50. The van der Waals surface area contributed by atoms with Crippen molar-refractivity contribution in [1.82, 2.24) is 10.6 Å². The van der Waals surface area contributed by atoms with Crippen molar-refractivity contribution in [2.45, 2.75) is 26.3 Å². The smallest absolute Gasteiger partial charge is 0.233 e. The number of benzene rings is 1. The molecule has 18 heavy (non-hydrogen) atoms. The Bertz CT molecular complexity index is 412. The topological polar surface area (TPSA) is 41.1 Å². The molecule has 0 aliphatic heterocycles. The summed E-state index contributed by atoms with van der Waals surface area (Å²) >= 11 is 3.21. The highest BCUT2D eigenvalue weighted by atomic mass is 79.9. The average molecular weight is 317 g/mol. The fraction of sp³-hybridized carbons (Fsp3) is 0.462. The van der Waals surface area contributed by atoms with E-state index in [9.17, 15) is 9.18 Å². The van der Waals surface area contributed by atoms with Crippen LogP contribution in [0, 0.1) is 5.82 Å². The maximum absolute atomic E-state index is 13.7. The van der Waals surface area contributed by atoms with E-state index in [2.05, 4.69) is 26.6 Å². The van der Waals surface area contributed by atoms with Crippen molar-refractivity contribution >= 4 is 21.8 Å². The predicted molar refractivity (Wildman–Crippen MR) is 73.8 cm³/mol. The molecule has 0 spiro atoms. The zero-order chi connectivity index (χ0) is 13.5. The van der Waals surface area contributed by atoms with Crippen LogP contribution in [-0.4, -0.2) is 19.0 Å². The van der Waals surface area contributed by atoms with Gasteiger partial charge in [0, 0.05) is 22.6 Å². The Hall–Kier alpha value is -0.940. The van der Waals surface area contributed by atoms with Gasteiger partial charge in [0.1, 0.15) is 5.82 Å². The molecule has 0 saturated carbocycles. The molecule has 0 aliphatic rings. The molecule has 1 atom stereocenters. The number of nitrogens with one attached hydrogen (secondary N) is 2. The first kappa shape index (κ1) is 15.1. The van der Waals surface area contributed by atoms with E-state index in [4.69, 9.17) is 0 Å². The molecule has 3 nitrogen and oxygen atoms in total. The van der Waals surface area contributed by atoms with Gasteiger partial charge >= 0.3 is 0 Å². The molecule has 0 bridgehead atoms. The van der Waals surface area contributed by atoms with Gasteiger partial charge in [-0.15, -0.1) is 0 Å². The summed E-state index contributed by atoms with van der Waals surface area (Å²) in [5, 5.41) is 5.76. The van der Waals surface area contributed by atoms with Gasteiger partial charge in [-0.25, -0.2) is 4.39 Å². The van der Waals surface area contributed by atoms with Crippen LogP contribution in [0.2, 0.25) is 0 Å². The molecule has 1 unspecified atom stereocenters. The van der Waals surface area contributed by atoms with Gasteiger partial charge in [0.15, 0.2) is 0 Å². The maximum atomic E-state index is 13.7. The Morgan fingerprint density at radius 1 is 1.50 bits per heavy atom. The molecule has 0 saturated heterocycles. The Labute approximate surface area is 115 Å². The van der Waals surface area contributed by atoms with E-state index in [0.717, 1.165) is 6.42 Å². The van der Waals surface area contributed by atoms with Crippen molar-refractivity contribution < 1.29 is 9.18 Å². The van der Waals surface area contributed by atoms with Crippen molar-refractivity contribution in [2.24, 2.45) is 0 Å². The van der Waals surface area contributed by atoms with E-state index in [0.29, 0.717) is 16.6 Å². The molecule has 0 aliphatic carbocycles. The van der Waals surface area contributed by atoms with Gasteiger partial charge in [-0.3, -0.25) is 4.79 Å². The fourth-order valence-corrected chi connectivity index (χ4v) is 1.87. The molecule has 0 radical (unpaired) electrons. The standard InChI is InChI=1S/C13H18BrFN2O/c1-3-6-16-13(18)8-17-9(2)11-5-4-10(14)7-12(11)15/h4-5,7,9,17H,3,6,8H2,1-2H3,(H,16,18). The van der Waals surface area contributed by atoms with Gasteiger partial charge in [-0.2, -0.15) is 0 Å². The highest BCUT2D eigenvalue weighted by Crippen LogP contribution is 2.20. The summed E-state index contributed by atoms with van der Waals surface area (Å²) in [7, 11) is 0. The molecule has 0 heterocycles. The summed E-state index contributed by atoms with van der Waals surface area (Å²) in [6.45, 7) is 4.69. The molecular weight excluding hydrogens is 299 g/mol. The molecule has 0 aromatic heterocycles. The summed E-state index contributed by atoms with van der Waals surface area (Å²) < 4.78 is 14.4. The first-order valence-electron chi connectivity index (χ1n) is 5.99. The van der Waals surface area contributed by atoms with Crippen LogP contribution in [0.5, 0.6) is 0 Å². The van der Waals surface area contributed by atoms with Gasteiger partial charge in [0.05, 0.1) is 6.54 Å². The van der Waals surface area contributed by atoms with Gasteiger partial charge in [-0.1, -0.05) is 28.9 Å². The summed E-state index contributed by atoms with van der Waals surface area (Å²) in [6, 6.07) is 4.71. The number of hydrogen-bond acceptors (Lipinski definition) is 2. The molecule has 1 rings (SSSR count). The molecule has 2 N–H and O–H groups in total. The SMILES string of the molecule is CCCNC(=O)CNC(C)c1ccc(Br)cc1F. The van der Waals surface area contributed by atoms with Gasteiger partial charge in [-0.05, 0) is 25.5 Å². The van der Waals surface area contributed by atoms with Crippen molar-refractivity contribution in [1.29, 1.82) is 0 Å². The number of hydrogen-bond donors (Lipinski definition) is 2. The van der Waals surface area contributed by atoms with Crippen molar-refractivity contribution in [3.8, 4) is 0 Å². The van der Waals surface area contributed by atoms with E-state index >= 15 is 0 Å². The van der Waals surface area contributed by atoms with Crippen molar-refractivity contribution in [2.75, 3.05) is 13.1 Å². The normalized spacial score (nSPS) is 12.2. The van der Waals surface area contributed by atoms with Crippen LogP contribution in [-0.2, 0) is 4.79 Å². The van der Waals surface area contributed by atoms with E-state index in [1.54, 1.807) is 12.1 Å². The highest BCUT2D eigenvalue weighted by molar-refractivity contribution is 9.10. The molecule has 1 aromatic rings. The molecule has 1 amide bonds. The third kappa shape index (κ3) is 4.74. The minimum Gasteiger partial charge on any atom is -0.355 e. The lowest BCUT2D eigenvalue weighted by atomic mass is 10.1. The second kappa shape index (κ2) is 7.48. The monoisotopic (exact) mass is 316 g/mol. The lowest BCUT2D eigenvalue weighted by Crippen LogP contribution is -2.35. The highest BCUT2D eigenvalue weighted by Gasteiger charge is 2.11. The third-order valence-corrected chi connectivity index (χ3v) is 3.06. The van der Waals surface area contributed by atoms with E-state index in [1.165, 1.54) is 6.07 Å². The van der Waals surface area contributed by atoms with Gasteiger partial charge < -0.3 is 10.6 Å². The van der Waals surface area contributed by atoms with E-state index in [-0.39, 0.29) is 24.3 Å². The number of carbonyl (C=O) groups is 1. The van der Waals surface area contributed by atoms with Gasteiger partial charge in [0.2, 0.25) is 5.91 Å². The zero-order valence-corrected chi connectivity index (χ0v) is 12.2. The predicted octanol–water partition coefficient (Wildman–Crippen LogP) is 2.77. The van der Waals surface area contributed by atoms with E-state index < -0.39 is 0 Å². The van der Waals surface area contributed by atoms with Crippen LogP contribution in [0.25, 0.3) is 0 Å². The summed E-state index contributed by atoms with van der Waals surface area (Å²) in [5.41, 5.74) is 0.557. The van der Waals surface area contributed by atoms with E-state index in [1.807, 2.05) is 13.8 Å². The van der Waals surface area contributed by atoms with Crippen molar-refractivity contribution in [3.05, 3.63) is 34.1 Å². The number of halogens is 2. The molecule has 0 fully saturated rings. The largest absolute Gasteiger partial charge is 0.355 e. The Morgan fingerprint density at radius 3 is 2.83 bits per heavy atom. The molecule has 100 valence electrons. The lowest BCUT2D eigenvalue weighted by Gasteiger charge is -2.15. The quantitative estimate of drug-likeness (QED) is 0.847. The first-order chi connectivity index (χ1) is 8.54. The Kier molecular flexibility index (Phi) is 6.29. The fourth-order valence-electron chi connectivity index (χ4n) is 1.54. The number of amides is 1.